The van der Waals surface area contributed by atoms with Crippen molar-refractivity contribution < 1.29 is 9.18 Å². The monoisotopic (exact) mass is 538 g/mol. The van der Waals surface area contributed by atoms with Crippen LogP contribution in [0.25, 0.3) is 22.6 Å². The van der Waals surface area contributed by atoms with Crippen LogP contribution in [0.4, 0.5) is 22.0 Å². The van der Waals surface area contributed by atoms with Crippen LogP contribution in [0.3, 0.4) is 0 Å². The zero-order chi connectivity index (χ0) is 28.2. The minimum Gasteiger partial charge on any atom is -0.359 e. The number of aromatic nitrogens is 7. The summed E-state index contributed by atoms with van der Waals surface area (Å²) in [4.78, 5) is 42.2. The van der Waals surface area contributed by atoms with Crippen molar-refractivity contribution in [3.8, 4) is 22.6 Å². The fourth-order valence-corrected chi connectivity index (χ4v) is 4.06. The molecule has 0 unspecified atom stereocenters. The molecule has 0 fully saturated rings. The Labute approximate surface area is 229 Å². The molecule has 1 amide bonds. The van der Waals surface area contributed by atoms with Crippen LogP contribution in [0.5, 0.6) is 0 Å². The van der Waals surface area contributed by atoms with E-state index in [1.165, 1.54) is 12.3 Å². The van der Waals surface area contributed by atoms with Crippen LogP contribution in [0.2, 0.25) is 0 Å². The van der Waals surface area contributed by atoms with Gasteiger partial charge in [0.1, 0.15) is 17.3 Å². The molecule has 0 radical (unpaired) electrons. The van der Waals surface area contributed by atoms with Gasteiger partial charge < -0.3 is 20.9 Å². The van der Waals surface area contributed by atoms with Crippen molar-refractivity contribution in [3.63, 3.8) is 0 Å². The molecule has 202 valence electrons. The van der Waals surface area contributed by atoms with E-state index in [1.54, 1.807) is 38.6 Å². The Balaban J connectivity index is 1.26. The van der Waals surface area contributed by atoms with Gasteiger partial charge >= 0.3 is 0 Å². The highest BCUT2D eigenvalue weighted by molar-refractivity contribution is 5.94. The fraction of sp³-hybridized carbons (Fsp3) is 0.179. The topological polar surface area (TPSA) is 146 Å². The van der Waals surface area contributed by atoms with Gasteiger partial charge in [0.25, 0.3) is 5.91 Å². The van der Waals surface area contributed by atoms with Crippen molar-refractivity contribution in [2.75, 3.05) is 17.7 Å². The van der Waals surface area contributed by atoms with Crippen molar-refractivity contribution in [1.82, 2.24) is 40.2 Å². The Morgan fingerprint density at radius 1 is 0.950 bits per heavy atom. The predicted octanol–water partition coefficient (Wildman–Crippen LogP) is 4.50. The van der Waals surface area contributed by atoms with Crippen molar-refractivity contribution >= 4 is 23.5 Å². The lowest BCUT2D eigenvalue weighted by atomic mass is 10.1. The maximum atomic E-state index is 13.6. The summed E-state index contributed by atoms with van der Waals surface area (Å²) < 4.78 is 13.6. The second-order valence-corrected chi connectivity index (χ2v) is 9.14. The quantitative estimate of drug-likeness (QED) is 0.224. The maximum absolute atomic E-state index is 13.6. The lowest BCUT2D eigenvalue weighted by molar-refractivity contribution is 0.0945. The third-order valence-electron chi connectivity index (χ3n) is 6.08. The summed E-state index contributed by atoms with van der Waals surface area (Å²) in [5.41, 5.74) is 5.14. The molecule has 5 aromatic heterocycles. The first kappa shape index (κ1) is 26.4. The van der Waals surface area contributed by atoms with Crippen molar-refractivity contribution in [2.45, 2.75) is 27.3 Å². The number of aromatic amines is 1. The molecule has 0 aliphatic rings. The number of carbonyl (C=O) groups is 1. The molecule has 12 heteroatoms. The Morgan fingerprint density at radius 3 is 2.52 bits per heavy atom. The van der Waals surface area contributed by atoms with Crippen molar-refractivity contribution in [3.05, 3.63) is 89.1 Å². The normalized spacial score (nSPS) is 10.8. The van der Waals surface area contributed by atoms with Crippen LogP contribution >= 0.6 is 0 Å². The first-order chi connectivity index (χ1) is 19.3. The number of carbonyl (C=O) groups excluding carboxylic acids is 1. The lowest BCUT2D eigenvalue weighted by Gasteiger charge is -2.10. The van der Waals surface area contributed by atoms with Crippen molar-refractivity contribution in [2.24, 2.45) is 0 Å². The smallest absolute Gasteiger partial charge is 0.270 e. The van der Waals surface area contributed by atoms with E-state index in [0.717, 1.165) is 11.3 Å². The van der Waals surface area contributed by atoms with Crippen LogP contribution < -0.4 is 16.0 Å². The van der Waals surface area contributed by atoms with Gasteiger partial charge in [-0.2, -0.15) is 4.98 Å². The van der Waals surface area contributed by atoms with E-state index in [0.29, 0.717) is 57.2 Å². The van der Waals surface area contributed by atoms with Crippen molar-refractivity contribution in [1.29, 1.82) is 0 Å². The minimum absolute atomic E-state index is 0.258. The zero-order valence-electron chi connectivity index (χ0n) is 22.4. The van der Waals surface area contributed by atoms with E-state index in [2.05, 4.69) is 50.8 Å². The second-order valence-electron chi connectivity index (χ2n) is 9.14. The highest BCUT2D eigenvalue weighted by atomic mass is 19.1. The number of aryl methyl sites for hydroxylation is 3. The Morgan fingerprint density at radius 2 is 1.80 bits per heavy atom. The summed E-state index contributed by atoms with van der Waals surface area (Å²) >= 11 is 0. The number of amides is 1. The molecular formula is C28H27FN10O. The second kappa shape index (κ2) is 11.2. The molecule has 0 aliphatic heterocycles. The molecule has 0 aliphatic carbocycles. The number of nitrogens with one attached hydrogen (secondary N) is 4. The molecule has 4 N–H and O–H groups in total. The average Bonchev–Trinajstić information content (AvgIpc) is 3.40. The summed E-state index contributed by atoms with van der Waals surface area (Å²) in [5.74, 6) is 1.57. The number of hydrogen-bond donors (Lipinski definition) is 4. The molecule has 5 aromatic rings. The van der Waals surface area contributed by atoms with Crippen LogP contribution in [-0.2, 0) is 6.54 Å². The number of halogens is 1. The lowest BCUT2D eigenvalue weighted by Crippen LogP contribution is -2.24. The number of imidazole rings is 1. The van der Waals surface area contributed by atoms with Crippen LogP contribution in [0.15, 0.2) is 55.1 Å². The van der Waals surface area contributed by atoms with Crippen LogP contribution in [0.1, 0.15) is 33.0 Å². The van der Waals surface area contributed by atoms with E-state index < -0.39 is 5.82 Å². The number of H-pyrrole nitrogens is 1. The van der Waals surface area contributed by atoms with E-state index in [-0.39, 0.29) is 12.5 Å². The molecule has 0 atom stereocenters. The van der Waals surface area contributed by atoms with Gasteiger partial charge in [0.15, 0.2) is 11.6 Å². The summed E-state index contributed by atoms with van der Waals surface area (Å²) in [6.07, 6.45) is 6.14. The Hall–Kier alpha value is -5.26. The Bertz CT molecular complexity index is 1680. The largest absolute Gasteiger partial charge is 0.359 e. The summed E-state index contributed by atoms with van der Waals surface area (Å²) in [7, 11) is 1.78. The third kappa shape index (κ3) is 5.90. The van der Waals surface area contributed by atoms with Gasteiger partial charge in [-0.3, -0.25) is 19.7 Å². The highest BCUT2D eigenvalue weighted by Crippen LogP contribution is 2.23. The molecule has 40 heavy (non-hydrogen) atoms. The number of pyridine rings is 3. The number of hydrogen-bond acceptors (Lipinski definition) is 9. The third-order valence-corrected chi connectivity index (χ3v) is 6.08. The molecule has 11 nitrogen and oxygen atoms in total. The van der Waals surface area contributed by atoms with Crippen LogP contribution in [-0.4, -0.2) is 47.8 Å². The van der Waals surface area contributed by atoms with Gasteiger partial charge in [-0.25, -0.2) is 14.4 Å². The van der Waals surface area contributed by atoms with E-state index in [9.17, 15) is 9.18 Å². The predicted molar refractivity (Wildman–Crippen MR) is 149 cm³/mol. The molecule has 0 saturated carbocycles. The minimum atomic E-state index is -0.420. The number of anilines is 3. The summed E-state index contributed by atoms with van der Waals surface area (Å²) in [6.45, 7) is 5.75. The summed E-state index contributed by atoms with van der Waals surface area (Å²) in [5, 5.41) is 8.97. The van der Waals surface area contributed by atoms with Gasteiger partial charge in [0.2, 0.25) is 5.95 Å². The molecule has 5 heterocycles. The fourth-order valence-electron chi connectivity index (χ4n) is 4.06. The number of nitrogens with zero attached hydrogens (tertiary/aromatic N) is 6. The first-order valence-electron chi connectivity index (χ1n) is 12.5. The highest BCUT2D eigenvalue weighted by Gasteiger charge is 2.15. The first-order valence-corrected chi connectivity index (χ1v) is 12.5. The molecule has 5 rings (SSSR count). The van der Waals surface area contributed by atoms with Crippen LogP contribution in [0, 0.1) is 26.6 Å². The zero-order valence-corrected chi connectivity index (χ0v) is 22.4. The van der Waals surface area contributed by atoms with Gasteiger partial charge in [-0.15, -0.1) is 0 Å². The molecule has 0 spiro atoms. The SMILES string of the molecule is CNc1nc(Nc2cc(C)nc(-c3cnc(C(=O)NCc4ccc(-c5cc(F)cnc5C)nc4)c(C)c3)n2)c[nH]1. The molecule has 0 bridgehead atoms. The van der Waals surface area contributed by atoms with E-state index >= 15 is 0 Å². The van der Waals surface area contributed by atoms with E-state index in [1.807, 2.05) is 32.0 Å². The van der Waals surface area contributed by atoms with Gasteiger partial charge in [0.05, 0.1) is 11.9 Å². The average molecular weight is 539 g/mol. The van der Waals surface area contributed by atoms with Gasteiger partial charge in [0, 0.05) is 60.8 Å². The summed E-state index contributed by atoms with van der Waals surface area (Å²) in [6, 6.07) is 8.67. The molecular weight excluding hydrogens is 511 g/mol. The molecule has 0 aromatic carbocycles. The molecule has 0 saturated heterocycles. The van der Waals surface area contributed by atoms with Gasteiger partial charge in [-0.1, -0.05) is 6.07 Å². The number of rotatable bonds is 8. The van der Waals surface area contributed by atoms with Gasteiger partial charge in [-0.05, 0) is 50.1 Å². The van der Waals surface area contributed by atoms with E-state index in [4.69, 9.17) is 0 Å². The Kier molecular flexibility index (Phi) is 7.40. The maximum Gasteiger partial charge on any atom is 0.270 e. The standard InChI is InChI=1S/C28H27FN10O/c1-15-7-19(26-36-16(2)8-23(38-26)37-24-14-35-28(30-4)39-24)12-33-25(15)27(40)34-11-18-5-6-22(32-10-18)21-9-20(29)13-31-17(21)3/h5-10,12-14H,11H2,1-4H3,(H,34,40)(H2,30,35,39)(H,36,37,38).